The highest BCUT2D eigenvalue weighted by molar-refractivity contribution is 6.02. The van der Waals surface area contributed by atoms with Gasteiger partial charge in [-0.1, -0.05) is 12.1 Å². The van der Waals surface area contributed by atoms with Gasteiger partial charge in [-0.05, 0) is 12.1 Å². The van der Waals surface area contributed by atoms with Crippen molar-refractivity contribution in [3.05, 3.63) is 29.8 Å². The molecular weight excluding hydrogens is 168 g/mol. The zero-order valence-electron chi connectivity index (χ0n) is 6.74. The third kappa shape index (κ3) is 1.31. The maximum Gasteiger partial charge on any atom is 0.271 e. The lowest BCUT2D eigenvalue weighted by Crippen LogP contribution is -2.44. The Balaban J connectivity index is 2.57. The summed E-state index contributed by atoms with van der Waals surface area (Å²) in [6, 6.07) is 6.99. The van der Waals surface area contributed by atoms with E-state index in [9.17, 15) is 4.79 Å². The molecule has 0 atom stereocenters. The number of amides is 1. The molecule has 1 heterocycles. The molecule has 13 heavy (non-hydrogen) atoms. The standard InChI is InChI=1S/C8H8N4O/c9-8-10-6-4-2-1-3-5(6)7(13)11-12-8/h1-4H,(H,11,13)(H3,9,10,12). The van der Waals surface area contributed by atoms with E-state index in [-0.39, 0.29) is 11.9 Å². The number of rotatable bonds is 0. The van der Waals surface area contributed by atoms with E-state index in [0.29, 0.717) is 11.3 Å². The van der Waals surface area contributed by atoms with Crippen LogP contribution in [0.1, 0.15) is 10.4 Å². The summed E-state index contributed by atoms with van der Waals surface area (Å²) in [6.07, 6.45) is 0. The van der Waals surface area contributed by atoms with Gasteiger partial charge in [0.2, 0.25) is 5.96 Å². The van der Waals surface area contributed by atoms with Gasteiger partial charge in [-0.25, -0.2) is 4.99 Å². The quantitative estimate of drug-likeness (QED) is 0.515. The summed E-state index contributed by atoms with van der Waals surface area (Å²) < 4.78 is 0. The molecule has 1 aliphatic heterocycles. The number of carbonyl (C=O) groups excluding carboxylic acids is 1. The average Bonchev–Trinajstić information content (AvgIpc) is 2.27. The van der Waals surface area contributed by atoms with Crippen LogP contribution in [0.5, 0.6) is 0 Å². The van der Waals surface area contributed by atoms with Crippen LogP contribution in [0, 0.1) is 0 Å². The number of hydrazine groups is 1. The van der Waals surface area contributed by atoms with Crippen LogP contribution >= 0.6 is 0 Å². The first kappa shape index (κ1) is 7.60. The Labute approximate surface area is 74.6 Å². The first-order valence-electron chi connectivity index (χ1n) is 3.77. The number of fused-ring (bicyclic) bond motifs is 1. The SMILES string of the molecule is NC1=Nc2ccccc2C(=O)NN1. The third-order valence-corrected chi connectivity index (χ3v) is 1.69. The molecule has 1 aromatic carbocycles. The molecule has 5 nitrogen and oxygen atoms in total. The van der Waals surface area contributed by atoms with E-state index >= 15 is 0 Å². The molecule has 0 bridgehead atoms. The minimum atomic E-state index is -0.236. The number of benzene rings is 1. The van der Waals surface area contributed by atoms with Gasteiger partial charge in [0, 0.05) is 0 Å². The van der Waals surface area contributed by atoms with Crippen molar-refractivity contribution in [3.8, 4) is 0 Å². The van der Waals surface area contributed by atoms with Crippen LogP contribution in [-0.4, -0.2) is 11.9 Å². The number of nitrogens with zero attached hydrogens (tertiary/aromatic N) is 1. The Hall–Kier alpha value is -2.04. The highest BCUT2D eigenvalue weighted by Gasteiger charge is 2.13. The van der Waals surface area contributed by atoms with Gasteiger partial charge in [-0.15, -0.1) is 0 Å². The minimum Gasteiger partial charge on any atom is -0.368 e. The van der Waals surface area contributed by atoms with Gasteiger partial charge in [0.1, 0.15) is 0 Å². The maximum absolute atomic E-state index is 11.3. The molecule has 0 spiro atoms. The molecule has 0 unspecified atom stereocenters. The second-order valence-corrected chi connectivity index (χ2v) is 2.59. The lowest BCUT2D eigenvalue weighted by Gasteiger charge is -2.01. The molecule has 1 aromatic rings. The number of guanidine groups is 1. The molecule has 5 heteroatoms. The van der Waals surface area contributed by atoms with Crippen LogP contribution < -0.4 is 16.6 Å². The Morgan fingerprint density at radius 3 is 2.85 bits per heavy atom. The molecule has 0 aromatic heterocycles. The molecule has 2 rings (SSSR count). The summed E-state index contributed by atoms with van der Waals surface area (Å²) in [5, 5.41) is 0. The molecule has 1 aliphatic rings. The topological polar surface area (TPSA) is 79.5 Å². The smallest absolute Gasteiger partial charge is 0.271 e. The van der Waals surface area contributed by atoms with Gasteiger partial charge in [-0.3, -0.25) is 15.6 Å². The Morgan fingerprint density at radius 1 is 1.23 bits per heavy atom. The minimum absolute atomic E-state index is 0.179. The van der Waals surface area contributed by atoms with E-state index < -0.39 is 0 Å². The molecule has 0 saturated heterocycles. The van der Waals surface area contributed by atoms with Crippen LogP contribution in [0.3, 0.4) is 0 Å². The highest BCUT2D eigenvalue weighted by Crippen LogP contribution is 2.18. The molecular formula is C8H8N4O. The van der Waals surface area contributed by atoms with Crippen molar-refractivity contribution >= 4 is 17.6 Å². The number of hydrogen-bond donors (Lipinski definition) is 3. The second kappa shape index (κ2) is 2.78. The normalized spacial score (nSPS) is 14.8. The Bertz CT molecular complexity index is 385. The number of aliphatic imine (C=N–C) groups is 1. The lowest BCUT2D eigenvalue weighted by molar-refractivity contribution is 0.0945. The summed E-state index contributed by atoms with van der Waals surface area (Å²) in [7, 11) is 0. The van der Waals surface area contributed by atoms with Gasteiger partial charge in [-0.2, -0.15) is 0 Å². The Morgan fingerprint density at radius 2 is 2.00 bits per heavy atom. The third-order valence-electron chi connectivity index (χ3n) is 1.69. The lowest BCUT2D eigenvalue weighted by atomic mass is 10.2. The van der Waals surface area contributed by atoms with E-state index in [1.54, 1.807) is 24.3 Å². The van der Waals surface area contributed by atoms with Crippen molar-refractivity contribution < 1.29 is 4.79 Å². The summed E-state index contributed by atoms with van der Waals surface area (Å²) in [5.41, 5.74) is 11.4. The van der Waals surface area contributed by atoms with E-state index in [4.69, 9.17) is 5.73 Å². The zero-order valence-corrected chi connectivity index (χ0v) is 6.74. The summed E-state index contributed by atoms with van der Waals surface area (Å²) >= 11 is 0. The van der Waals surface area contributed by atoms with Crippen LogP contribution in [0.15, 0.2) is 29.3 Å². The van der Waals surface area contributed by atoms with E-state index in [1.807, 2.05) is 0 Å². The maximum atomic E-state index is 11.3. The van der Waals surface area contributed by atoms with E-state index in [1.165, 1.54) is 0 Å². The number of hydrogen-bond acceptors (Lipinski definition) is 4. The number of para-hydroxylation sites is 1. The van der Waals surface area contributed by atoms with Gasteiger partial charge in [0.25, 0.3) is 5.91 Å². The summed E-state index contributed by atoms with van der Waals surface area (Å²) in [5.74, 6) is -0.0573. The first-order chi connectivity index (χ1) is 6.27. The number of carbonyl (C=O) groups is 1. The van der Waals surface area contributed by atoms with E-state index in [2.05, 4.69) is 15.8 Å². The summed E-state index contributed by atoms with van der Waals surface area (Å²) in [4.78, 5) is 15.3. The predicted octanol–water partition coefficient (Wildman–Crippen LogP) is -0.119. The van der Waals surface area contributed by atoms with Crippen molar-refractivity contribution in [3.63, 3.8) is 0 Å². The monoisotopic (exact) mass is 176 g/mol. The second-order valence-electron chi connectivity index (χ2n) is 2.59. The fraction of sp³-hybridized carbons (Fsp3) is 0. The van der Waals surface area contributed by atoms with Crippen molar-refractivity contribution in [1.82, 2.24) is 10.9 Å². The van der Waals surface area contributed by atoms with Crippen molar-refractivity contribution in [1.29, 1.82) is 0 Å². The fourth-order valence-electron chi connectivity index (χ4n) is 1.11. The molecule has 0 radical (unpaired) electrons. The van der Waals surface area contributed by atoms with Crippen LogP contribution in [0.4, 0.5) is 5.69 Å². The number of nitrogens with one attached hydrogen (secondary N) is 2. The number of nitrogens with two attached hydrogens (primary N) is 1. The van der Waals surface area contributed by atoms with Crippen LogP contribution in [0.25, 0.3) is 0 Å². The average molecular weight is 176 g/mol. The Kier molecular flexibility index (Phi) is 1.63. The molecule has 66 valence electrons. The van der Waals surface area contributed by atoms with Crippen LogP contribution in [-0.2, 0) is 0 Å². The molecule has 0 fully saturated rings. The fourth-order valence-corrected chi connectivity index (χ4v) is 1.11. The van der Waals surface area contributed by atoms with Gasteiger partial charge >= 0.3 is 0 Å². The van der Waals surface area contributed by atoms with Crippen molar-refractivity contribution in [2.45, 2.75) is 0 Å². The highest BCUT2D eigenvalue weighted by atomic mass is 16.2. The van der Waals surface area contributed by atoms with Crippen LogP contribution in [0.2, 0.25) is 0 Å². The largest absolute Gasteiger partial charge is 0.368 e. The van der Waals surface area contributed by atoms with Crippen molar-refractivity contribution in [2.24, 2.45) is 10.7 Å². The molecule has 0 aliphatic carbocycles. The molecule has 4 N–H and O–H groups in total. The molecule has 0 saturated carbocycles. The van der Waals surface area contributed by atoms with Crippen molar-refractivity contribution in [2.75, 3.05) is 0 Å². The first-order valence-corrected chi connectivity index (χ1v) is 3.77. The summed E-state index contributed by atoms with van der Waals surface area (Å²) in [6.45, 7) is 0. The molecule has 1 amide bonds. The zero-order chi connectivity index (χ0) is 9.26. The van der Waals surface area contributed by atoms with Gasteiger partial charge in [0.05, 0.1) is 11.3 Å². The predicted molar refractivity (Wildman–Crippen MR) is 48.3 cm³/mol. The van der Waals surface area contributed by atoms with Gasteiger partial charge < -0.3 is 5.73 Å². The van der Waals surface area contributed by atoms with E-state index in [0.717, 1.165) is 0 Å². The van der Waals surface area contributed by atoms with Gasteiger partial charge in [0.15, 0.2) is 0 Å².